The molecule has 0 bridgehead atoms. The zero-order valence-electron chi connectivity index (χ0n) is 14.4. The van der Waals surface area contributed by atoms with Crippen LogP contribution < -0.4 is 20.1 Å². The van der Waals surface area contributed by atoms with Crippen molar-refractivity contribution in [3.63, 3.8) is 0 Å². The van der Waals surface area contributed by atoms with Crippen LogP contribution in [0.3, 0.4) is 0 Å². The van der Waals surface area contributed by atoms with Gasteiger partial charge in [-0.15, -0.1) is 0 Å². The lowest BCUT2D eigenvalue weighted by Gasteiger charge is -2.08. The fraction of sp³-hybridized carbons (Fsp3) is 0.263. The number of amides is 2. The van der Waals surface area contributed by atoms with Crippen molar-refractivity contribution in [2.24, 2.45) is 0 Å². The summed E-state index contributed by atoms with van der Waals surface area (Å²) >= 11 is 0. The molecule has 0 radical (unpaired) electrons. The molecule has 142 valence electrons. The van der Waals surface area contributed by atoms with Gasteiger partial charge in [-0.25, -0.2) is 8.78 Å². The van der Waals surface area contributed by atoms with E-state index in [1.807, 2.05) is 6.07 Å². The molecule has 8 heteroatoms. The zero-order chi connectivity index (χ0) is 19.2. The lowest BCUT2D eigenvalue weighted by Crippen LogP contribution is -2.28. The van der Waals surface area contributed by atoms with Gasteiger partial charge in [-0.3, -0.25) is 9.59 Å². The normalized spacial score (nSPS) is 11.9. The van der Waals surface area contributed by atoms with Crippen molar-refractivity contribution in [2.45, 2.75) is 19.4 Å². The third-order valence-electron chi connectivity index (χ3n) is 3.97. The van der Waals surface area contributed by atoms with E-state index in [9.17, 15) is 18.4 Å². The lowest BCUT2D eigenvalue weighted by atomic mass is 10.2. The topological polar surface area (TPSA) is 76.7 Å². The molecule has 0 aliphatic carbocycles. The van der Waals surface area contributed by atoms with Gasteiger partial charge in [0.15, 0.2) is 11.5 Å². The molecule has 2 N–H and O–H groups in total. The molecule has 0 aromatic heterocycles. The van der Waals surface area contributed by atoms with Crippen molar-refractivity contribution in [2.75, 3.05) is 13.3 Å². The molecule has 1 aliphatic rings. The number of carbonyl (C=O) groups is 2. The van der Waals surface area contributed by atoms with Crippen molar-refractivity contribution < 1.29 is 27.8 Å². The van der Waals surface area contributed by atoms with Gasteiger partial charge in [0, 0.05) is 25.6 Å². The summed E-state index contributed by atoms with van der Waals surface area (Å²) in [4.78, 5) is 23.7. The highest BCUT2D eigenvalue weighted by atomic mass is 19.1. The first-order chi connectivity index (χ1) is 13.0. The minimum atomic E-state index is -0.922. The van der Waals surface area contributed by atoms with Crippen LogP contribution in [0.4, 0.5) is 8.78 Å². The first-order valence-corrected chi connectivity index (χ1v) is 8.41. The van der Waals surface area contributed by atoms with Gasteiger partial charge >= 0.3 is 0 Å². The molecule has 0 saturated carbocycles. The van der Waals surface area contributed by atoms with Gasteiger partial charge in [-0.1, -0.05) is 6.07 Å². The Bertz CT molecular complexity index is 858. The first kappa shape index (κ1) is 18.6. The average molecular weight is 376 g/mol. The van der Waals surface area contributed by atoms with E-state index in [0.717, 1.165) is 17.7 Å². The van der Waals surface area contributed by atoms with Gasteiger partial charge in [-0.2, -0.15) is 0 Å². The van der Waals surface area contributed by atoms with E-state index in [0.29, 0.717) is 30.5 Å². The summed E-state index contributed by atoms with van der Waals surface area (Å²) in [6.45, 7) is 0.744. The van der Waals surface area contributed by atoms with Crippen molar-refractivity contribution in [1.29, 1.82) is 0 Å². The lowest BCUT2D eigenvalue weighted by molar-refractivity contribution is -0.121. The first-order valence-electron chi connectivity index (χ1n) is 8.41. The number of fused-ring (bicyclic) bond motifs is 1. The number of hydrogen-bond acceptors (Lipinski definition) is 4. The van der Waals surface area contributed by atoms with Crippen molar-refractivity contribution >= 4 is 11.8 Å². The van der Waals surface area contributed by atoms with Crippen LogP contribution >= 0.6 is 0 Å². The van der Waals surface area contributed by atoms with E-state index in [1.165, 1.54) is 0 Å². The molecule has 2 aromatic carbocycles. The highest BCUT2D eigenvalue weighted by Crippen LogP contribution is 2.32. The monoisotopic (exact) mass is 376 g/mol. The quantitative estimate of drug-likeness (QED) is 0.728. The van der Waals surface area contributed by atoms with Crippen molar-refractivity contribution in [3.05, 3.63) is 59.2 Å². The van der Waals surface area contributed by atoms with Crippen LogP contribution in [-0.4, -0.2) is 25.2 Å². The molecule has 1 heterocycles. The second-order valence-electron chi connectivity index (χ2n) is 5.95. The molecular weight excluding hydrogens is 358 g/mol. The number of halogens is 2. The standard InChI is InChI=1S/C19H18F2N2O4/c20-13-4-5-14(15(21)9-13)19(25)22-7-1-2-18(24)23-10-12-3-6-16-17(8-12)27-11-26-16/h3-6,8-9H,1-2,7,10-11H2,(H,22,25)(H,23,24). The second-order valence-corrected chi connectivity index (χ2v) is 5.95. The van der Waals surface area contributed by atoms with Crippen LogP contribution in [-0.2, 0) is 11.3 Å². The highest BCUT2D eigenvalue weighted by molar-refractivity contribution is 5.94. The van der Waals surface area contributed by atoms with Gasteiger partial charge in [0.05, 0.1) is 5.56 Å². The fourth-order valence-electron chi connectivity index (χ4n) is 2.56. The maximum Gasteiger partial charge on any atom is 0.254 e. The Balaban J connectivity index is 1.36. The summed E-state index contributed by atoms with van der Waals surface area (Å²) in [5.41, 5.74) is 0.649. The zero-order valence-corrected chi connectivity index (χ0v) is 14.4. The summed E-state index contributed by atoms with van der Waals surface area (Å²) in [5.74, 6) is -1.16. The molecule has 0 spiro atoms. The van der Waals surface area contributed by atoms with E-state index in [4.69, 9.17) is 9.47 Å². The highest BCUT2D eigenvalue weighted by Gasteiger charge is 2.14. The molecule has 0 saturated heterocycles. The van der Waals surface area contributed by atoms with Gasteiger partial charge in [0.2, 0.25) is 12.7 Å². The smallest absolute Gasteiger partial charge is 0.254 e. The minimum Gasteiger partial charge on any atom is -0.454 e. The van der Waals surface area contributed by atoms with Crippen molar-refractivity contribution in [3.8, 4) is 11.5 Å². The summed E-state index contributed by atoms with van der Waals surface area (Å²) < 4.78 is 36.8. The van der Waals surface area contributed by atoms with Crippen LogP contribution in [0.5, 0.6) is 11.5 Å². The molecule has 6 nitrogen and oxygen atoms in total. The molecule has 1 aliphatic heterocycles. The SMILES string of the molecule is O=C(CCCNC(=O)c1ccc(F)cc1F)NCc1ccc2c(c1)OCO2. The number of carbonyl (C=O) groups excluding carboxylic acids is 2. The summed E-state index contributed by atoms with van der Waals surface area (Å²) in [7, 11) is 0. The predicted molar refractivity (Wildman–Crippen MR) is 92.3 cm³/mol. The Morgan fingerprint density at radius 3 is 2.63 bits per heavy atom. The molecular formula is C19H18F2N2O4. The number of benzene rings is 2. The summed E-state index contributed by atoms with van der Waals surface area (Å²) in [6, 6.07) is 8.18. The maximum atomic E-state index is 13.5. The van der Waals surface area contributed by atoms with Crippen LogP contribution in [0.1, 0.15) is 28.8 Å². The van der Waals surface area contributed by atoms with Crippen LogP contribution in [0.2, 0.25) is 0 Å². The van der Waals surface area contributed by atoms with E-state index >= 15 is 0 Å². The molecule has 2 amide bonds. The largest absolute Gasteiger partial charge is 0.454 e. The molecule has 3 rings (SSSR count). The van der Waals surface area contributed by atoms with Crippen LogP contribution in [0.25, 0.3) is 0 Å². The van der Waals surface area contributed by atoms with E-state index in [-0.39, 0.29) is 31.2 Å². The van der Waals surface area contributed by atoms with Crippen LogP contribution in [0, 0.1) is 11.6 Å². The van der Waals surface area contributed by atoms with Crippen LogP contribution in [0.15, 0.2) is 36.4 Å². The number of ether oxygens (including phenoxy) is 2. The third kappa shape index (κ3) is 4.93. The van der Waals surface area contributed by atoms with E-state index in [1.54, 1.807) is 12.1 Å². The molecule has 27 heavy (non-hydrogen) atoms. The Morgan fingerprint density at radius 1 is 1.00 bits per heavy atom. The molecule has 2 aromatic rings. The summed E-state index contributed by atoms with van der Waals surface area (Å²) in [6.07, 6.45) is 0.595. The second kappa shape index (κ2) is 8.48. The van der Waals surface area contributed by atoms with Gasteiger partial charge in [0.1, 0.15) is 11.6 Å². The van der Waals surface area contributed by atoms with E-state index in [2.05, 4.69) is 10.6 Å². The molecule has 0 fully saturated rings. The minimum absolute atomic E-state index is 0.171. The Morgan fingerprint density at radius 2 is 1.81 bits per heavy atom. The molecule has 0 unspecified atom stereocenters. The number of nitrogens with one attached hydrogen (secondary N) is 2. The van der Waals surface area contributed by atoms with Gasteiger partial charge in [-0.05, 0) is 36.2 Å². The molecule has 0 atom stereocenters. The van der Waals surface area contributed by atoms with Gasteiger partial charge in [0.25, 0.3) is 5.91 Å². The Labute approximate surface area is 154 Å². The number of hydrogen-bond donors (Lipinski definition) is 2. The maximum absolute atomic E-state index is 13.5. The van der Waals surface area contributed by atoms with Crippen molar-refractivity contribution in [1.82, 2.24) is 10.6 Å². The average Bonchev–Trinajstić information content (AvgIpc) is 3.11. The Hall–Kier alpha value is -3.16. The number of rotatable bonds is 7. The van der Waals surface area contributed by atoms with Gasteiger partial charge < -0.3 is 20.1 Å². The fourth-order valence-corrected chi connectivity index (χ4v) is 2.56. The Kier molecular flexibility index (Phi) is 5.85. The summed E-state index contributed by atoms with van der Waals surface area (Å²) in [5, 5.41) is 5.28. The van der Waals surface area contributed by atoms with E-state index < -0.39 is 17.5 Å². The predicted octanol–water partition coefficient (Wildman–Crippen LogP) is 2.52. The third-order valence-corrected chi connectivity index (χ3v) is 3.97.